The van der Waals surface area contributed by atoms with Crippen molar-refractivity contribution in [1.82, 2.24) is 0 Å². The third kappa shape index (κ3) is 5.53. The van der Waals surface area contributed by atoms with Crippen LogP contribution in [0.25, 0.3) is 6.08 Å². The molecule has 0 aliphatic carbocycles. The Bertz CT molecular complexity index is 1110. The predicted octanol–water partition coefficient (Wildman–Crippen LogP) is 4.64. The van der Waals surface area contributed by atoms with E-state index in [-0.39, 0.29) is 33.6 Å². The molecule has 3 aromatic rings. The standard InChI is InChI=1S/C23H17FNO6/c1-30-19-11-12-20(21(26)13-4-15-2-7-17(24)8-3-15)22(14-19)31-23(27)16-5-9-18(10-6-16)25(28)29/h2-14,28H,1H3/q-1. The highest BCUT2D eigenvalue weighted by atomic mass is 19.1. The first kappa shape index (κ1) is 21.7. The molecular formula is C23H17FNO6-. The molecule has 3 aromatic carbocycles. The molecule has 0 atom stereocenters. The van der Waals surface area contributed by atoms with E-state index in [9.17, 15) is 19.2 Å². The molecule has 1 N–H and O–H groups in total. The molecule has 0 spiro atoms. The van der Waals surface area contributed by atoms with Gasteiger partial charge in [0.15, 0.2) is 5.78 Å². The molecule has 158 valence electrons. The van der Waals surface area contributed by atoms with E-state index in [2.05, 4.69) is 0 Å². The number of rotatable bonds is 7. The van der Waals surface area contributed by atoms with Crippen LogP contribution >= 0.6 is 0 Å². The van der Waals surface area contributed by atoms with E-state index in [0.29, 0.717) is 11.3 Å². The Labute approximate surface area is 177 Å². The van der Waals surface area contributed by atoms with Gasteiger partial charge in [0, 0.05) is 6.07 Å². The average molecular weight is 422 g/mol. The van der Waals surface area contributed by atoms with Crippen LogP contribution in [0.4, 0.5) is 10.1 Å². The highest BCUT2D eigenvalue weighted by Gasteiger charge is 2.16. The number of anilines is 1. The monoisotopic (exact) mass is 422 g/mol. The number of hydrogen-bond donors (Lipinski definition) is 1. The number of carbonyl (C=O) groups is 2. The Balaban J connectivity index is 1.84. The van der Waals surface area contributed by atoms with Crippen molar-refractivity contribution in [1.29, 1.82) is 0 Å². The van der Waals surface area contributed by atoms with Gasteiger partial charge >= 0.3 is 5.97 Å². The van der Waals surface area contributed by atoms with Gasteiger partial charge in [0.05, 0.1) is 23.9 Å². The zero-order chi connectivity index (χ0) is 22.4. The topological polar surface area (TPSA) is 99.1 Å². The van der Waals surface area contributed by atoms with E-state index >= 15 is 0 Å². The minimum absolute atomic E-state index is 0.0187. The van der Waals surface area contributed by atoms with Crippen LogP contribution in [0.2, 0.25) is 0 Å². The number of methoxy groups -OCH3 is 1. The first-order valence-electron chi connectivity index (χ1n) is 9.02. The summed E-state index contributed by atoms with van der Waals surface area (Å²) in [7, 11) is 1.43. The van der Waals surface area contributed by atoms with Crippen molar-refractivity contribution in [2.75, 3.05) is 12.3 Å². The smallest absolute Gasteiger partial charge is 0.343 e. The zero-order valence-electron chi connectivity index (χ0n) is 16.3. The highest BCUT2D eigenvalue weighted by Crippen LogP contribution is 2.27. The molecule has 0 bridgehead atoms. The molecule has 0 aliphatic rings. The molecule has 3 rings (SSSR count). The van der Waals surface area contributed by atoms with Crippen molar-refractivity contribution in [3.8, 4) is 11.5 Å². The number of nitrogens with zero attached hydrogens (tertiary/aromatic N) is 1. The van der Waals surface area contributed by atoms with Gasteiger partial charge in [-0.25, -0.2) is 9.18 Å². The van der Waals surface area contributed by atoms with Gasteiger partial charge in [0.2, 0.25) is 0 Å². The Morgan fingerprint density at radius 1 is 1.03 bits per heavy atom. The van der Waals surface area contributed by atoms with Gasteiger partial charge < -0.3 is 19.9 Å². The van der Waals surface area contributed by atoms with Gasteiger partial charge in [0.25, 0.3) is 0 Å². The summed E-state index contributed by atoms with van der Waals surface area (Å²) < 4.78 is 23.5. The van der Waals surface area contributed by atoms with Crippen LogP contribution in [0.3, 0.4) is 0 Å². The number of benzene rings is 3. The minimum atomic E-state index is -0.772. The fourth-order valence-corrected chi connectivity index (χ4v) is 2.64. The Morgan fingerprint density at radius 3 is 2.32 bits per heavy atom. The molecule has 31 heavy (non-hydrogen) atoms. The van der Waals surface area contributed by atoms with Gasteiger partial charge in [-0.15, -0.1) is 0 Å². The van der Waals surface area contributed by atoms with Crippen LogP contribution in [0.1, 0.15) is 26.3 Å². The molecular weight excluding hydrogens is 405 g/mol. The first-order valence-corrected chi connectivity index (χ1v) is 9.02. The SMILES string of the molecule is COc1ccc(C(=O)C=Cc2ccc(F)cc2)c(OC(=O)c2ccc(N([O-])O)cc2)c1. The maximum absolute atomic E-state index is 13.0. The van der Waals surface area contributed by atoms with Crippen LogP contribution in [0.5, 0.6) is 11.5 Å². The average Bonchev–Trinajstić information content (AvgIpc) is 2.78. The Kier molecular flexibility index (Phi) is 6.76. The second-order valence-electron chi connectivity index (χ2n) is 6.32. The van der Waals surface area contributed by atoms with Gasteiger partial charge in [-0.2, -0.15) is 0 Å². The Morgan fingerprint density at radius 2 is 1.71 bits per heavy atom. The lowest BCUT2D eigenvalue weighted by Gasteiger charge is -2.21. The van der Waals surface area contributed by atoms with Crippen molar-refractivity contribution in [2.45, 2.75) is 0 Å². The summed E-state index contributed by atoms with van der Waals surface area (Å²) in [6.45, 7) is 0. The molecule has 0 radical (unpaired) electrons. The van der Waals surface area contributed by atoms with Crippen LogP contribution in [0, 0.1) is 11.0 Å². The first-order chi connectivity index (χ1) is 14.9. The van der Waals surface area contributed by atoms with Crippen LogP contribution in [-0.2, 0) is 0 Å². The zero-order valence-corrected chi connectivity index (χ0v) is 16.3. The molecule has 0 amide bonds. The van der Waals surface area contributed by atoms with Crippen LogP contribution < -0.4 is 14.7 Å². The maximum Gasteiger partial charge on any atom is 0.343 e. The summed E-state index contributed by atoms with van der Waals surface area (Å²) in [6, 6.07) is 15.1. The van der Waals surface area contributed by atoms with Crippen molar-refractivity contribution in [2.24, 2.45) is 0 Å². The second kappa shape index (κ2) is 9.66. The molecule has 8 heteroatoms. The lowest BCUT2D eigenvalue weighted by atomic mass is 10.1. The normalized spacial score (nSPS) is 10.7. The lowest BCUT2D eigenvalue weighted by Crippen LogP contribution is -2.12. The molecule has 7 nitrogen and oxygen atoms in total. The summed E-state index contributed by atoms with van der Waals surface area (Å²) >= 11 is 0. The summed E-state index contributed by atoms with van der Waals surface area (Å²) in [5.74, 6) is -1.24. The van der Waals surface area contributed by atoms with E-state index in [4.69, 9.17) is 14.7 Å². The summed E-state index contributed by atoms with van der Waals surface area (Å²) in [4.78, 5) is 25.2. The van der Waals surface area contributed by atoms with Gasteiger partial charge in [-0.05, 0) is 60.2 Å². The number of halogens is 1. The minimum Gasteiger partial charge on any atom is -0.733 e. The largest absolute Gasteiger partial charge is 0.733 e. The molecule has 0 saturated heterocycles. The predicted molar refractivity (Wildman–Crippen MR) is 112 cm³/mol. The van der Waals surface area contributed by atoms with Crippen LogP contribution in [-0.4, -0.2) is 24.1 Å². The third-order valence-corrected chi connectivity index (χ3v) is 4.28. The quantitative estimate of drug-likeness (QED) is 0.195. The number of allylic oxidation sites excluding steroid dienone is 1. The second-order valence-corrected chi connectivity index (χ2v) is 6.32. The van der Waals surface area contributed by atoms with E-state index in [0.717, 1.165) is 0 Å². The highest BCUT2D eigenvalue weighted by molar-refractivity contribution is 6.09. The van der Waals surface area contributed by atoms with Crippen molar-refractivity contribution >= 4 is 23.5 Å². The van der Waals surface area contributed by atoms with E-state index in [1.165, 1.54) is 79.9 Å². The molecule has 0 unspecified atom stereocenters. The lowest BCUT2D eigenvalue weighted by molar-refractivity contribution is 0.0732. The van der Waals surface area contributed by atoms with Gasteiger partial charge in [-0.3, -0.25) is 10.0 Å². The summed E-state index contributed by atoms with van der Waals surface area (Å²) in [6.07, 6.45) is 2.80. The number of carbonyl (C=O) groups excluding carboxylic acids is 2. The van der Waals surface area contributed by atoms with Gasteiger partial charge in [-0.1, -0.05) is 18.2 Å². The summed E-state index contributed by atoms with van der Waals surface area (Å²) in [5, 5.41) is 19.4. The maximum atomic E-state index is 13.0. The number of ketones is 1. The van der Waals surface area contributed by atoms with E-state index in [1.54, 1.807) is 6.07 Å². The van der Waals surface area contributed by atoms with Crippen molar-refractivity contribution in [3.63, 3.8) is 0 Å². The fraction of sp³-hybridized carbons (Fsp3) is 0.0435. The van der Waals surface area contributed by atoms with Crippen molar-refractivity contribution < 1.29 is 28.7 Å². The van der Waals surface area contributed by atoms with Crippen LogP contribution in [0.15, 0.2) is 72.8 Å². The van der Waals surface area contributed by atoms with E-state index < -0.39 is 11.8 Å². The van der Waals surface area contributed by atoms with E-state index in [1.807, 2.05) is 0 Å². The molecule has 0 saturated carbocycles. The molecule has 0 heterocycles. The van der Waals surface area contributed by atoms with Gasteiger partial charge in [0.1, 0.15) is 17.3 Å². The summed E-state index contributed by atoms with van der Waals surface area (Å²) in [5.41, 5.74) is 0.789. The Hall–Kier alpha value is -4.01. The molecule has 0 aromatic heterocycles. The number of ether oxygens (including phenoxy) is 2. The number of hydrogen-bond acceptors (Lipinski definition) is 7. The third-order valence-electron chi connectivity index (χ3n) is 4.28. The molecule has 0 fully saturated rings. The fourth-order valence-electron chi connectivity index (χ4n) is 2.64. The number of esters is 1. The molecule has 0 aliphatic heterocycles. The van der Waals surface area contributed by atoms with Crippen molar-refractivity contribution in [3.05, 3.63) is 101 Å².